The minimum atomic E-state index is -2.47. The molecular weight excluding hydrogens is 318 g/mol. The second kappa shape index (κ2) is 5.65. The Morgan fingerprint density at radius 1 is 1.30 bits per heavy atom. The molecule has 23 heavy (non-hydrogen) atoms. The normalized spacial score (nSPS) is 16.1. The van der Waals surface area contributed by atoms with Gasteiger partial charge in [0.25, 0.3) is 11.3 Å². The van der Waals surface area contributed by atoms with Crippen molar-refractivity contribution >= 4 is 33.9 Å². The quantitative estimate of drug-likeness (QED) is 0.837. The summed E-state index contributed by atoms with van der Waals surface area (Å²) in [5, 5.41) is 10.4. The number of carboxylic acids is 1. The van der Waals surface area contributed by atoms with Gasteiger partial charge in [0.15, 0.2) is 0 Å². The Morgan fingerprint density at radius 2 is 2.00 bits per heavy atom. The van der Waals surface area contributed by atoms with Gasteiger partial charge in [0.1, 0.15) is 16.9 Å². The Hall–Kier alpha value is -1.86. The van der Waals surface area contributed by atoms with E-state index in [1.807, 2.05) is 6.07 Å². The maximum atomic E-state index is 11.7. The van der Waals surface area contributed by atoms with E-state index in [2.05, 4.69) is 0 Å². The molecule has 0 spiro atoms. The average Bonchev–Trinajstić information content (AvgIpc) is 2.84. The summed E-state index contributed by atoms with van der Waals surface area (Å²) in [6, 6.07) is 5.16. The summed E-state index contributed by atoms with van der Waals surface area (Å²) in [5.74, 6) is -0.212. The first-order valence-corrected chi connectivity index (χ1v) is 8.57. The number of furan rings is 1. The zero-order chi connectivity index (χ0) is 16.8. The van der Waals surface area contributed by atoms with Crippen LogP contribution in [-0.2, 0) is 28.9 Å². The van der Waals surface area contributed by atoms with E-state index in [9.17, 15) is 18.7 Å². The molecule has 6 nitrogen and oxygen atoms in total. The third-order valence-corrected chi connectivity index (χ3v) is 5.34. The van der Waals surface area contributed by atoms with Gasteiger partial charge in [-0.1, -0.05) is 0 Å². The van der Waals surface area contributed by atoms with E-state index in [1.165, 1.54) is 19.4 Å². The molecule has 1 unspecified atom stereocenters. The van der Waals surface area contributed by atoms with E-state index < -0.39 is 22.8 Å². The van der Waals surface area contributed by atoms with Gasteiger partial charge >= 0.3 is 5.97 Å². The lowest BCUT2D eigenvalue weighted by Crippen LogP contribution is -2.51. The van der Waals surface area contributed by atoms with Gasteiger partial charge in [-0.3, -0.25) is 8.86 Å². The van der Waals surface area contributed by atoms with Crippen molar-refractivity contribution in [3.05, 3.63) is 29.5 Å². The summed E-state index contributed by atoms with van der Waals surface area (Å²) in [7, 11) is 0. The van der Waals surface area contributed by atoms with E-state index in [1.54, 1.807) is 12.1 Å². The first-order chi connectivity index (χ1) is 10.8. The fourth-order valence-corrected chi connectivity index (χ4v) is 3.84. The van der Waals surface area contributed by atoms with Crippen molar-refractivity contribution < 1.29 is 23.1 Å². The molecule has 124 valence electrons. The topological polar surface area (TPSA) is 91.0 Å². The lowest BCUT2D eigenvalue weighted by Gasteiger charge is -2.32. The van der Waals surface area contributed by atoms with Crippen LogP contribution in [0.2, 0.25) is 0 Å². The van der Waals surface area contributed by atoms with Gasteiger partial charge < -0.3 is 9.52 Å². The van der Waals surface area contributed by atoms with E-state index in [0.717, 1.165) is 41.1 Å². The summed E-state index contributed by atoms with van der Waals surface area (Å²) in [6.07, 6.45) is 4.09. The van der Waals surface area contributed by atoms with Crippen LogP contribution < -0.4 is 4.31 Å². The van der Waals surface area contributed by atoms with Crippen LogP contribution in [-0.4, -0.2) is 25.4 Å². The van der Waals surface area contributed by atoms with Crippen LogP contribution in [0.4, 0.5) is 5.69 Å². The molecule has 1 aliphatic carbocycles. The predicted molar refractivity (Wildman–Crippen MR) is 87.8 cm³/mol. The van der Waals surface area contributed by atoms with Crippen LogP contribution in [0.15, 0.2) is 22.6 Å². The van der Waals surface area contributed by atoms with Crippen LogP contribution in [0.3, 0.4) is 0 Å². The second-order valence-electron chi connectivity index (χ2n) is 6.28. The van der Waals surface area contributed by atoms with Crippen molar-refractivity contribution in [1.82, 2.24) is 0 Å². The SMILES string of the molecule is CC(C)(C(=O)O)N(c1ccc2c3c(oc2c1)CCCC3)S(=O)O. The molecule has 3 rings (SSSR count). The van der Waals surface area contributed by atoms with Gasteiger partial charge in [-0.05, 0) is 45.2 Å². The highest BCUT2D eigenvalue weighted by atomic mass is 32.2. The predicted octanol–water partition coefficient (Wildman–Crippen LogP) is 3.12. The molecule has 0 bridgehead atoms. The molecule has 2 aromatic rings. The maximum absolute atomic E-state index is 11.7. The molecule has 1 atom stereocenters. The number of nitrogens with zero attached hydrogens (tertiary/aromatic N) is 1. The highest BCUT2D eigenvalue weighted by Gasteiger charge is 2.38. The van der Waals surface area contributed by atoms with Crippen molar-refractivity contribution in [1.29, 1.82) is 0 Å². The fraction of sp³-hybridized carbons (Fsp3) is 0.438. The third-order valence-electron chi connectivity index (χ3n) is 4.36. The van der Waals surface area contributed by atoms with Gasteiger partial charge in [0.2, 0.25) is 0 Å². The minimum Gasteiger partial charge on any atom is -0.479 e. The smallest absolute Gasteiger partial charge is 0.330 e. The Labute approximate surface area is 136 Å². The number of benzene rings is 1. The molecule has 0 radical (unpaired) electrons. The number of aryl methyl sites for hydroxylation is 2. The monoisotopic (exact) mass is 337 g/mol. The molecule has 1 aliphatic rings. The molecule has 1 aromatic heterocycles. The molecule has 1 heterocycles. The van der Waals surface area contributed by atoms with Crippen molar-refractivity contribution in [3.63, 3.8) is 0 Å². The highest BCUT2D eigenvalue weighted by Crippen LogP contribution is 2.35. The summed E-state index contributed by atoms with van der Waals surface area (Å²) in [6.45, 7) is 2.78. The molecular formula is C16H19NO5S. The molecule has 0 saturated heterocycles. The minimum absolute atomic E-state index is 0.344. The first-order valence-electron chi connectivity index (χ1n) is 7.51. The van der Waals surface area contributed by atoms with Crippen LogP contribution in [0, 0.1) is 0 Å². The average molecular weight is 337 g/mol. The first kappa shape index (κ1) is 16.0. The fourth-order valence-electron chi connectivity index (χ4n) is 3.07. The molecule has 0 amide bonds. The van der Waals surface area contributed by atoms with Crippen molar-refractivity contribution in [3.8, 4) is 0 Å². The van der Waals surface area contributed by atoms with Gasteiger partial charge in [-0.25, -0.2) is 9.00 Å². The zero-order valence-electron chi connectivity index (χ0n) is 13.0. The van der Waals surface area contributed by atoms with Crippen LogP contribution in [0.25, 0.3) is 11.0 Å². The van der Waals surface area contributed by atoms with Crippen LogP contribution in [0.5, 0.6) is 0 Å². The standard InChI is InChI=1S/C16H19NO5S/c1-16(2,15(18)19)17(23(20)21)10-7-8-12-11-5-3-4-6-13(11)22-14(12)9-10/h7-9H,3-6H2,1-2H3,(H,18,19)(H,20,21). The summed E-state index contributed by atoms with van der Waals surface area (Å²) < 4.78 is 28.2. The molecule has 1 aromatic carbocycles. The van der Waals surface area contributed by atoms with E-state index in [4.69, 9.17) is 4.42 Å². The lowest BCUT2D eigenvalue weighted by molar-refractivity contribution is -0.141. The number of aliphatic carboxylic acids is 1. The lowest BCUT2D eigenvalue weighted by atomic mass is 9.96. The van der Waals surface area contributed by atoms with Gasteiger partial charge in [-0.2, -0.15) is 0 Å². The molecule has 7 heteroatoms. The number of hydrogen-bond donors (Lipinski definition) is 2. The number of fused-ring (bicyclic) bond motifs is 3. The third kappa shape index (κ3) is 2.64. The van der Waals surface area contributed by atoms with Crippen molar-refractivity contribution in [2.75, 3.05) is 4.31 Å². The number of carboxylic acid groups (broad SMARTS) is 1. The summed E-state index contributed by atoms with van der Waals surface area (Å²) in [4.78, 5) is 11.5. The number of carbonyl (C=O) groups is 1. The van der Waals surface area contributed by atoms with E-state index in [-0.39, 0.29) is 0 Å². The van der Waals surface area contributed by atoms with Gasteiger partial charge in [-0.15, -0.1) is 0 Å². The van der Waals surface area contributed by atoms with Crippen LogP contribution >= 0.6 is 0 Å². The van der Waals surface area contributed by atoms with Crippen molar-refractivity contribution in [2.45, 2.75) is 45.1 Å². The summed E-state index contributed by atoms with van der Waals surface area (Å²) in [5.41, 5.74) is 0.647. The number of anilines is 1. The Morgan fingerprint density at radius 3 is 2.65 bits per heavy atom. The Balaban J connectivity index is 2.11. The second-order valence-corrected chi connectivity index (χ2v) is 7.11. The van der Waals surface area contributed by atoms with E-state index in [0.29, 0.717) is 11.3 Å². The molecule has 0 fully saturated rings. The van der Waals surface area contributed by atoms with Crippen molar-refractivity contribution in [2.24, 2.45) is 0 Å². The Bertz CT molecular complexity index is 795. The largest absolute Gasteiger partial charge is 0.479 e. The van der Waals surface area contributed by atoms with Gasteiger partial charge in [0.05, 0.1) is 5.69 Å². The molecule has 0 aliphatic heterocycles. The van der Waals surface area contributed by atoms with Crippen LogP contribution in [0.1, 0.15) is 38.0 Å². The number of rotatable bonds is 4. The highest BCUT2D eigenvalue weighted by molar-refractivity contribution is 7.80. The number of hydrogen-bond acceptors (Lipinski definition) is 3. The van der Waals surface area contributed by atoms with Gasteiger partial charge in [0, 0.05) is 23.4 Å². The maximum Gasteiger partial charge on any atom is 0.330 e. The zero-order valence-corrected chi connectivity index (χ0v) is 13.9. The molecule has 0 saturated carbocycles. The van der Waals surface area contributed by atoms with E-state index >= 15 is 0 Å². The Kier molecular flexibility index (Phi) is 3.93. The summed E-state index contributed by atoms with van der Waals surface area (Å²) >= 11 is -2.47. The molecule has 2 N–H and O–H groups in total.